The van der Waals surface area contributed by atoms with Crippen LogP contribution < -0.4 is 5.73 Å². The smallest absolute Gasteiger partial charge is 0.162 e. The average molecular weight is 340 g/mol. The summed E-state index contributed by atoms with van der Waals surface area (Å²) in [7, 11) is 0. The lowest BCUT2D eigenvalue weighted by atomic mass is 10.0. The van der Waals surface area contributed by atoms with E-state index in [1.165, 1.54) is 18.2 Å². The molecule has 1 aromatic heterocycles. The van der Waals surface area contributed by atoms with Gasteiger partial charge in [-0.25, -0.2) is 9.97 Å². The van der Waals surface area contributed by atoms with Crippen LogP contribution in [-0.2, 0) is 0 Å². The van der Waals surface area contributed by atoms with Crippen LogP contribution in [0.2, 0.25) is 0 Å². The van der Waals surface area contributed by atoms with E-state index in [4.69, 9.17) is 10.7 Å². The Hall–Kier alpha value is -1.94. The standard InChI is InChI=1S/C17H14BrN3/c18-14-15(11-8-9-11)20-17(21-16(14)19)13-7-3-5-10-4-1-2-6-12(10)13/h1-7,11H,8-9H2,(H2,19,20,21). The highest BCUT2D eigenvalue weighted by molar-refractivity contribution is 9.10. The quantitative estimate of drug-likeness (QED) is 0.746. The van der Waals surface area contributed by atoms with Gasteiger partial charge in [0.2, 0.25) is 0 Å². The molecule has 0 bridgehead atoms. The molecule has 0 amide bonds. The van der Waals surface area contributed by atoms with Crippen molar-refractivity contribution >= 4 is 32.5 Å². The van der Waals surface area contributed by atoms with Gasteiger partial charge in [-0.15, -0.1) is 0 Å². The molecular formula is C17H14BrN3. The minimum atomic E-state index is 0.523. The predicted molar refractivity (Wildman–Crippen MR) is 89.1 cm³/mol. The first kappa shape index (κ1) is 12.8. The molecule has 21 heavy (non-hydrogen) atoms. The highest BCUT2D eigenvalue weighted by Gasteiger charge is 2.29. The molecule has 3 nitrogen and oxygen atoms in total. The molecule has 0 unspecified atom stereocenters. The summed E-state index contributed by atoms with van der Waals surface area (Å²) in [5.74, 6) is 1.77. The molecule has 1 fully saturated rings. The van der Waals surface area contributed by atoms with Crippen LogP contribution in [-0.4, -0.2) is 9.97 Å². The third-order valence-electron chi connectivity index (χ3n) is 3.90. The van der Waals surface area contributed by atoms with Gasteiger partial charge in [-0.3, -0.25) is 0 Å². The molecule has 104 valence electrons. The summed E-state index contributed by atoms with van der Waals surface area (Å²) in [5, 5.41) is 2.34. The Bertz CT molecular complexity index is 835. The Kier molecular flexibility index (Phi) is 2.93. The second-order valence-corrected chi connectivity index (χ2v) is 6.23. The number of rotatable bonds is 2. The van der Waals surface area contributed by atoms with E-state index < -0.39 is 0 Å². The van der Waals surface area contributed by atoms with E-state index in [2.05, 4.69) is 45.2 Å². The van der Waals surface area contributed by atoms with Crippen molar-refractivity contribution < 1.29 is 0 Å². The maximum atomic E-state index is 6.07. The third kappa shape index (κ3) is 2.20. The summed E-state index contributed by atoms with van der Waals surface area (Å²) in [6.07, 6.45) is 2.37. The van der Waals surface area contributed by atoms with Crippen molar-refractivity contribution in [3.63, 3.8) is 0 Å². The van der Waals surface area contributed by atoms with E-state index in [1.807, 2.05) is 18.2 Å². The van der Waals surface area contributed by atoms with Gasteiger partial charge in [0.15, 0.2) is 5.82 Å². The molecule has 1 saturated carbocycles. The zero-order valence-corrected chi connectivity index (χ0v) is 13.0. The molecule has 1 aliphatic rings. The van der Waals surface area contributed by atoms with E-state index in [-0.39, 0.29) is 0 Å². The van der Waals surface area contributed by atoms with Crippen LogP contribution in [0.5, 0.6) is 0 Å². The third-order valence-corrected chi connectivity index (χ3v) is 4.71. The molecule has 2 N–H and O–H groups in total. The molecule has 1 aliphatic carbocycles. The Morgan fingerprint density at radius 3 is 2.57 bits per heavy atom. The Balaban J connectivity index is 1.96. The Morgan fingerprint density at radius 2 is 1.76 bits per heavy atom. The van der Waals surface area contributed by atoms with Crippen LogP contribution in [0.1, 0.15) is 24.5 Å². The van der Waals surface area contributed by atoms with E-state index in [1.54, 1.807) is 0 Å². The maximum absolute atomic E-state index is 6.07. The topological polar surface area (TPSA) is 51.8 Å². The number of nitrogen functional groups attached to an aromatic ring is 1. The van der Waals surface area contributed by atoms with Gasteiger partial charge in [0.1, 0.15) is 5.82 Å². The molecule has 3 aromatic rings. The van der Waals surface area contributed by atoms with Crippen molar-refractivity contribution in [2.24, 2.45) is 0 Å². The SMILES string of the molecule is Nc1nc(-c2cccc3ccccc23)nc(C2CC2)c1Br. The number of halogens is 1. The molecule has 4 heteroatoms. The van der Waals surface area contributed by atoms with Crippen molar-refractivity contribution in [1.29, 1.82) is 0 Å². The number of fused-ring (bicyclic) bond motifs is 1. The molecule has 1 heterocycles. The van der Waals surface area contributed by atoms with Crippen LogP contribution in [0.15, 0.2) is 46.9 Å². The minimum absolute atomic E-state index is 0.523. The number of hydrogen-bond acceptors (Lipinski definition) is 3. The summed E-state index contributed by atoms with van der Waals surface area (Å²) >= 11 is 3.53. The number of hydrogen-bond donors (Lipinski definition) is 1. The Labute approximate surface area is 131 Å². The first-order valence-electron chi connectivity index (χ1n) is 7.05. The lowest BCUT2D eigenvalue weighted by Crippen LogP contribution is -2.02. The van der Waals surface area contributed by atoms with Gasteiger partial charge in [0.25, 0.3) is 0 Å². The summed E-state index contributed by atoms with van der Waals surface area (Å²) in [4.78, 5) is 9.26. The van der Waals surface area contributed by atoms with E-state index in [0.717, 1.165) is 26.9 Å². The molecule has 0 radical (unpaired) electrons. The van der Waals surface area contributed by atoms with Crippen molar-refractivity contribution in [3.05, 3.63) is 52.6 Å². The maximum Gasteiger partial charge on any atom is 0.162 e. The zero-order chi connectivity index (χ0) is 14.4. The summed E-state index contributed by atoms with van der Waals surface area (Å²) in [5.41, 5.74) is 8.15. The van der Waals surface area contributed by atoms with Gasteiger partial charge in [-0.05, 0) is 39.5 Å². The number of nitrogens with zero attached hydrogens (tertiary/aromatic N) is 2. The van der Waals surface area contributed by atoms with Crippen molar-refractivity contribution in [3.8, 4) is 11.4 Å². The molecule has 0 saturated heterocycles. The van der Waals surface area contributed by atoms with Crippen molar-refractivity contribution in [2.45, 2.75) is 18.8 Å². The fourth-order valence-corrected chi connectivity index (χ4v) is 3.15. The van der Waals surface area contributed by atoms with Crippen LogP contribution >= 0.6 is 15.9 Å². The lowest BCUT2D eigenvalue weighted by Gasteiger charge is -2.10. The lowest BCUT2D eigenvalue weighted by molar-refractivity contribution is 0.985. The van der Waals surface area contributed by atoms with E-state index in [9.17, 15) is 0 Å². The largest absolute Gasteiger partial charge is 0.383 e. The van der Waals surface area contributed by atoms with Gasteiger partial charge >= 0.3 is 0 Å². The molecule has 0 aliphatic heterocycles. The number of nitrogens with two attached hydrogens (primary N) is 1. The zero-order valence-electron chi connectivity index (χ0n) is 11.4. The number of anilines is 1. The summed E-state index contributed by atoms with van der Waals surface area (Å²) in [6, 6.07) is 14.5. The first-order chi connectivity index (χ1) is 10.2. The predicted octanol–water partition coefficient (Wildman–Crippen LogP) is 4.52. The molecular weight excluding hydrogens is 326 g/mol. The van der Waals surface area contributed by atoms with Crippen molar-refractivity contribution in [2.75, 3.05) is 5.73 Å². The summed E-state index contributed by atoms with van der Waals surface area (Å²) in [6.45, 7) is 0. The number of benzene rings is 2. The second-order valence-electron chi connectivity index (χ2n) is 5.43. The van der Waals surface area contributed by atoms with Gasteiger partial charge < -0.3 is 5.73 Å². The van der Waals surface area contributed by atoms with E-state index in [0.29, 0.717) is 11.7 Å². The van der Waals surface area contributed by atoms with Crippen LogP contribution in [0, 0.1) is 0 Å². The van der Waals surface area contributed by atoms with Gasteiger partial charge in [-0.1, -0.05) is 42.5 Å². The average Bonchev–Trinajstić information content (AvgIpc) is 3.34. The normalized spacial score (nSPS) is 14.5. The van der Waals surface area contributed by atoms with Crippen molar-refractivity contribution in [1.82, 2.24) is 9.97 Å². The highest BCUT2D eigenvalue weighted by Crippen LogP contribution is 2.44. The number of aromatic nitrogens is 2. The molecule has 0 atom stereocenters. The monoisotopic (exact) mass is 339 g/mol. The first-order valence-corrected chi connectivity index (χ1v) is 7.84. The van der Waals surface area contributed by atoms with Crippen LogP contribution in [0.4, 0.5) is 5.82 Å². The van der Waals surface area contributed by atoms with Crippen LogP contribution in [0.25, 0.3) is 22.2 Å². The Morgan fingerprint density at radius 1 is 1.00 bits per heavy atom. The van der Waals surface area contributed by atoms with Gasteiger partial charge in [0.05, 0.1) is 10.2 Å². The highest BCUT2D eigenvalue weighted by atomic mass is 79.9. The molecule has 2 aromatic carbocycles. The van der Waals surface area contributed by atoms with Crippen LogP contribution in [0.3, 0.4) is 0 Å². The van der Waals surface area contributed by atoms with E-state index >= 15 is 0 Å². The molecule has 4 rings (SSSR count). The summed E-state index contributed by atoms with van der Waals surface area (Å²) < 4.78 is 0.856. The minimum Gasteiger partial charge on any atom is -0.383 e. The fourth-order valence-electron chi connectivity index (χ4n) is 2.65. The van der Waals surface area contributed by atoms with Gasteiger partial charge in [0, 0.05) is 11.5 Å². The fraction of sp³-hybridized carbons (Fsp3) is 0.176. The second kappa shape index (κ2) is 4.81. The van der Waals surface area contributed by atoms with Gasteiger partial charge in [-0.2, -0.15) is 0 Å². The molecule has 0 spiro atoms.